The van der Waals surface area contributed by atoms with E-state index >= 15 is 0 Å². The SMILES string of the molecule is COc1cc(CNCCC2=CCCCC2)ccc1N(C)C. The van der Waals surface area contributed by atoms with E-state index in [9.17, 15) is 0 Å². The molecule has 0 amide bonds. The van der Waals surface area contributed by atoms with Crippen molar-refractivity contribution in [3.63, 3.8) is 0 Å². The number of allylic oxidation sites excluding steroid dienone is 1. The van der Waals surface area contributed by atoms with Crippen molar-refractivity contribution >= 4 is 5.69 Å². The van der Waals surface area contributed by atoms with Gasteiger partial charge in [-0.2, -0.15) is 0 Å². The van der Waals surface area contributed by atoms with Crippen LogP contribution in [0, 0.1) is 0 Å². The average Bonchev–Trinajstić information content (AvgIpc) is 2.52. The molecule has 1 N–H and O–H groups in total. The van der Waals surface area contributed by atoms with Gasteiger partial charge in [-0.1, -0.05) is 17.7 Å². The van der Waals surface area contributed by atoms with Gasteiger partial charge in [-0.25, -0.2) is 0 Å². The number of nitrogens with one attached hydrogen (secondary N) is 1. The smallest absolute Gasteiger partial charge is 0.142 e. The summed E-state index contributed by atoms with van der Waals surface area (Å²) in [6.45, 7) is 1.96. The van der Waals surface area contributed by atoms with E-state index in [1.807, 2.05) is 14.1 Å². The summed E-state index contributed by atoms with van der Waals surface area (Å²) in [5.74, 6) is 0.939. The number of rotatable bonds is 7. The van der Waals surface area contributed by atoms with Crippen molar-refractivity contribution in [1.29, 1.82) is 0 Å². The van der Waals surface area contributed by atoms with Crippen molar-refractivity contribution in [2.75, 3.05) is 32.6 Å². The number of hydrogen-bond donors (Lipinski definition) is 1. The molecule has 1 aliphatic rings. The van der Waals surface area contributed by atoms with Crippen LogP contribution in [0.3, 0.4) is 0 Å². The second-order valence-corrected chi connectivity index (χ2v) is 5.94. The zero-order chi connectivity index (χ0) is 15.1. The van der Waals surface area contributed by atoms with Crippen LogP contribution in [-0.4, -0.2) is 27.7 Å². The van der Waals surface area contributed by atoms with E-state index in [1.165, 1.54) is 37.7 Å². The van der Waals surface area contributed by atoms with Crippen molar-refractivity contribution in [2.45, 2.75) is 38.6 Å². The van der Waals surface area contributed by atoms with Gasteiger partial charge in [0.1, 0.15) is 5.75 Å². The third-order valence-corrected chi connectivity index (χ3v) is 4.06. The molecular weight excluding hydrogens is 260 g/mol. The van der Waals surface area contributed by atoms with Gasteiger partial charge >= 0.3 is 0 Å². The van der Waals surface area contributed by atoms with Gasteiger partial charge in [0.05, 0.1) is 12.8 Å². The van der Waals surface area contributed by atoms with Crippen molar-refractivity contribution in [1.82, 2.24) is 5.32 Å². The highest BCUT2D eigenvalue weighted by molar-refractivity contribution is 5.58. The molecule has 0 unspecified atom stereocenters. The van der Waals surface area contributed by atoms with Crippen LogP contribution in [0.4, 0.5) is 5.69 Å². The fourth-order valence-electron chi connectivity index (χ4n) is 2.81. The van der Waals surface area contributed by atoms with Crippen LogP contribution in [0.2, 0.25) is 0 Å². The van der Waals surface area contributed by atoms with E-state index in [0.29, 0.717) is 0 Å². The fourth-order valence-corrected chi connectivity index (χ4v) is 2.81. The van der Waals surface area contributed by atoms with Crippen LogP contribution in [0.15, 0.2) is 29.8 Å². The maximum absolute atomic E-state index is 5.47. The normalized spacial score (nSPS) is 14.7. The molecule has 0 aliphatic heterocycles. The Morgan fingerprint density at radius 2 is 2.10 bits per heavy atom. The summed E-state index contributed by atoms with van der Waals surface area (Å²) in [7, 11) is 5.80. The highest BCUT2D eigenvalue weighted by Gasteiger charge is 2.06. The predicted molar refractivity (Wildman–Crippen MR) is 90.2 cm³/mol. The van der Waals surface area contributed by atoms with E-state index in [2.05, 4.69) is 34.5 Å². The molecule has 1 aliphatic carbocycles. The minimum atomic E-state index is 0.900. The number of nitrogens with zero attached hydrogens (tertiary/aromatic N) is 1. The summed E-state index contributed by atoms with van der Waals surface area (Å²) in [4.78, 5) is 2.07. The van der Waals surface area contributed by atoms with Gasteiger partial charge in [-0.15, -0.1) is 0 Å². The molecule has 116 valence electrons. The number of methoxy groups -OCH3 is 1. The van der Waals surface area contributed by atoms with Gasteiger partial charge < -0.3 is 15.0 Å². The Hall–Kier alpha value is -1.48. The van der Waals surface area contributed by atoms with Gasteiger partial charge in [0.15, 0.2) is 0 Å². The molecular formula is C18H28N2O. The Bertz CT molecular complexity index is 480. The third kappa shape index (κ3) is 4.78. The maximum Gasteiger partial charge on any atom is 0.142 e. The van der Waals surface area contributed by atoms with E-state index in [1.54, 1.807) is 12.7 Å². The molecule has 0 heterocycles. The minimum Gasteiger partial charge on any atom is -0.495 e. The molecule has 0 radical (unpaired) electrons. The number of ether oxygens (including phenoxy) is 1. The Labute approximate surface area is 129 Å². The monoisotopic (exact) mass is 288 g/mol. The molecule has 3 nitrogen and oxygen atoms in total. The van der Waals surface area contributed by atoms with Gasteiger partial charge in [0.2, 0.25) is 0 Å². The molecule has 3 heteroatoms. The minimum absolute atomic E-state index is 0.900. The molecule has 0 bridgehead atoms. The summed E-state index contributed by atoms with van der Waals surface area (Å²) in [6, 6.07) is 6.42. The average molecular weight is 288 g/mol. The van der Waals surface area contributed by atoms with Crippen LogP contribution in [0.1, 0.15) is 37.7 Å². The lowest BCUT2D eigenvalue weighted by Crippen LogP contribution is -2.16. The first-order chi connectivity index (χ1) is 10.2. The molecule has 2 rings (SSSR count). The predicted octanol–water partition coefficient (Wildman–Crippen LogP) is 3.74. The Morgan fingerprint density at radius 3 is 2.76 bits per heavy atom. The third-order valence-electron chi connectivity index (χ3n) is 4.06. The van der Waals surface area contributed by atoms with Crippen LogP contribution < -0.4 is 15.0 Å². The summed E-state index contributed by atoms with van der Waals surface area (Å²) < 4.78 is 5.47. The van der Waals surface area contributed by atoms with E-state index in [4.69, 9.17) is 4.74 Å². The van der Waals surface area contributed by atoms with Crippen LogP contribution in [-0.2, 0) is 6.54 Å². The second kappa shape index (κ2) is 8.08. The molecule has 0 saturated heterocycles. The Morgan fingerprint density at radius 1 is 1.24 bits per heavy atom. The molecule has 0 spiro atoms. The second-order valence-electron chi connectivity index (χ2n) is 5.94. The van der Waals surface area contributed by atoms with Crippen molar-refractivity contribution in [2.24, 2.45) is 0 Å². The van der Waals surface area contributed by atoms with E-state index in [0.717, 1.165) is 24.5 Å². The first-order valence-corrected chi connectivity index (χ1v) is 7.93. The molecule has 1 aromatic rings. The molecule has 21 heavy (non-hydrogen) atoms. The zero-order valence-corrected chi connectivity index (χ0v) is 13.6. The van der Waals surface area contributed by atoms with Crippen molar-refractivity contribution < 1.29 is 4.74 Å². The highest BCUT2D eigenvalue weighted by atomic mass is 16.5. The fraction of sp³-hybridized carbons (Fsp3) is 0.556. The summed E-state index contributed by atoms with van der Waals surface area (Å²) in [5, 5.41) is 3.54. The lowest BCUT2D eigenvalue weighted by Gasteiger charge is -2.17. The van der Waals surface area contributed by atoms with Gasteiger partial charge in [0.25, 0.3) is 0 Å². The lowest BCUT2D eigenvalue weighted by atomic mass is 9.97. The molecule has 0 aromatic heterocycles. The van der Waals surface area contributed by atoms with Gasteiger partial charge in [0, 0.05) is 20.6 Å². The molecule has 0 atom stereocenters. The topological polar surface area (TPSA) is 24.5 Å². The first-order valence-electron chi connectivity index (χ1n) is 7.93. The van der Waals surface area contributed by atoms with E-state index < -0.39 is 0 Å². The quantitative estimate of drug-likeness (QED) is 0.611. The van der Waals surface area contributed by atoms with Gasteiger partial charge in [-0.05, 0) is 56.3 Å². The first kappa shape index (κ1) is 15.9. The van der Waals surface area contributed by atoms with E-state index in [-0.39, 0.29) is 0 Å². The van der Waals surface area contributed by atoms with Crippen molar-refractivity contribution in [3.05, 3.63) is 35.4 Å². The molecule has 0 saturated carbocycles. The largest absolute Gasteiger partial charge is 0.495 e. The maximum atomic E-state index is 5.47. The summed E-state index contributed by atoms with van der Waals surface area (Å²) in [5.41, 5.74) is 4.03. The molecule has 1 aromatic carbocycles. The zero-order valence-electron chi connectivity index (χ0n) is 13.6. The van der Waals surface area contributed by atoms with Crippen molar-refractivity contribution in [3.8, 4) is 5.75 Å². The lowest BCUT2D eigenvalue weighted by molar-refractivity contribution is 0.414. The summed E-state index contributed by atoms with van der Waals surface area (Å²) >= 11 is 0. The standard InChI is InChI=1S/C18H28N2O/c1-20(2)17-10-9-16(13-18(17)21-3)14-19-12-11-15-7-5-4-6-8-15/h7,9-10,13,19H,4-6,8,11-12,14H2,1-3H3. The van der Waals surface area contributed by atoms with Crippen LogP contribution in [0.25, 0.3) is 0 Å². The Kier molecular flexibility index (Phi) is 6.12. The Balaban J connectivity index is 1.81. The summed E-state index contributed by atoms with van der Waals surface area (Å²) in [6.07, 6.45) is 8.93. The van der Waals surface area contributed by atoms with Gasteiger partial charge in [-0.3, -0.25) is 0 Å². The number of benzene rings is 1. The number of anilines is 1. The number of hydrogen-bond acceptors (Lipinski definition) is 3. The highest BCUT2D eigenvalue weighted by Crippen LogP contribution is 2.27. The molecule has 0 fully saturated rings. The van der Waals surface area contributed by atoms with Crippen LogP contribution in [0.5, 0.6) is 5.75 Å². The van der Waals surface area contributed by atoms with Crippen LogP contribution >= 0.6 is 0 Å².